The summed E-state index contributed by atoms with van der Waals surface area (Å²) in [4.78, 5) is 4.21. The standard InChI is InChI=1S/C15H13N2.C13H10N.Au/c1-3-7-14(8-4-1)16-11-12-17(13-16)15-9-5-2-6-10-15;1-3-7-12-10(5-1)9-11-6-2-4-8-13(11)14-12;/h1-13H;1-8H,9H2;/q2*-1;. The van der Waals surface area contributed by atoms with Crippen LogP contribution in [0.1, 0.15) is 11.1 Å². The van der Waals surface area contributed by atoms with E-state index in [-0.39, 0.29) is 22.4 Å². The number of hydrogen-bond donors (Lipinski definition) is 0. The predicted molar refractivity (Wildman–Crippen MR) is 130 cm³/mol. The Hall–Kier alpha value is -3.24. The molecule has 2 aliphatic rings. The first-order valence-electron chi connectivity index (χ1n) is 10.4. The number of benzene rings is 4. The van der Waals surface area contributed by atoms with Crippen LogP contribution in [0.5, 0.6) is 0 Å². The van der Waals surface area contributed by atoms with Gasteiger partial charge in [0.1, 0.15) is 0 Å². The zero-order valence-corrected chi connectivity index (χ0v) is 19.6. The maximum Gasteiger partial charge on any atom is 0.0124 e. The van der Waals surface area contributed by atoms with Crippen LogP contribution < -0.4 is 9.80 Å². The van der Waals surface area contributed by atoms with Gasteiger partial charge in [0.2, 0.25) is 0 Å². The molecule has 0 amide bonds. The molecule has 2 aliphatic heterocycles. The molecule has 1 radical (unpaired) electrons. The van der Waals surface area contributed by atoms with Crippen molar-refractivity contribution in [2.45, 2.75) is 6.42 Å². The molecular formula is C28H23AuN3-2. The van der Waals surface area contributed by atoms with E-state index in [1.807, 2.05) is 48.5 Å². The molecule has 163 valence electrons. The summed E-state index contributed by atoms with van der Waals surface area (Å²) in [6, 6.07) is 37.3. The van der Waals surface area contributed by atoms with Crippen molar-refractivity contribution in [3.63, 3.8) is 0 Å². The molecule has 4 heteroatoms. The third-order valence-electron chi connectivity index (χ3n) is 5.35. The van der Waals surface area contributed by atoms with Gasteiger partial charge in [-0.3, -0.25) is 0 Å². The van der Waals surface area contributed by atoms with E-state index in [2.05, 4.69) is 94.8 Å². The molecule has 0 saturated heterocycles. The monoisotopic (exact) mass is 598 g/mol. The van der Waals surface area contributed by atoms with Crippen LogP contribution in [0.4, 0.5) is 22.7 Å². The Bertz CT molecular complexity index is 1040. The van der Waals surface area contributed by atoms with Crippen LogP contribution >= 0.6 is 0 Å². The Morgan fingerprint density at radius 2 is 0.938 bits per heavy atom. The Balaban J connectivity index is 0.000000151. The van der Waals surface area contributed by atoms with Crippen molar-refractivity contribution in [3.8, 4) is 0 Å². The molecule has 4 aromatic rings. The molecule has 0 unspecified atom stereocenters. The number of hydrogen-bond acceptors (Lipinski definition) is 2. The van der Waals surface area contributed by atoms with E-state index >= 15 is 0 Å². The van der Waals surface area contributed by atoms with Crippen molar-refractivity contribution in [2.24, 2.45) is 0 Å². The molecule has 0 bridgehead atoms. The van der Waals surface area contributed by atoms with Crippen LogP contribution in [0.25, 0.3) is 5.32 Å². The van der Waals surface area contributed by atoms with Gasteiger partial charge in [-0.2, -0.15) is 0 Å². The molecule has 0 spiro atoms. The van der Waals surface area contributed by atoms with Crippen LogP contribution in [0.2, 0.25) is 0 Å². The molecule has 4 aromatic carbocycles. The summed E-state index contributed by atoms with van der Waals surface area (Å²) >= 11 is 0. The van der Waals surface area contributed by atoms with E-state index in [4.69, 9.17) is 0 Å². The summed E-state index contributed by atoms with van der Waals surface area (Å²) in [5.41, 5.74) is 7.22. The van der Waals surface area contributed by atoms with Crippen molar-refractivity contribution in [2.75, 3.05) is 9.80 Å². The molecule has 0 fully saturated rings. The Kier molecular flexibility index (Phi) is 7.13. The van der Waals surface area contributed by atoms with Crippen LogP contribution in [-0.2, 0) is 28.8 Å². The van der Waals surface area contributed by atoms with Crippen LogP contribution in [-0.4, -0.2) is 0 Å². The first kappa shape index (κ1) is 22.0. The first-order valence-corrected chi connectivity index (χ1v) is 10.4. The Morgan fingerprint density at radius 1 is 0.531 bits per heavy atom. The zero-order chi connectivity index (χ0) is 20.9. The summed E-state index contributed by atoms with van der Waals surface area (Å²) in [6.45, 7) is 2.07. The minimum absolute atomic E-state index is 0. The van der Waals surface area contributed by atoms with E-state index in [0.29, 0.717) is 0 Å². The van der Waals surface area contributed by atoms with Crippen molar-refractivity contribution in [1.29, 1.82) is 0 Å². The van der Waals surface area contributed by atoms with Gasteiger partial charge < -0.3 is 15.1 Å². The van der Waals surface area contributed by atoms with Gasteiger partial charge in [-0.15, -0.1) is 18.0 Å². The van der Waals surface area contributed by atoms with Gasteiger partial charge in [0, 0.05) is 33.8 Å². The third-order valence-corrected chi connectivity index (χ3v) is 5.35. The minimum atomic E-state index is 0. The van der Waals surface area contributed by atoms with Crippen LogP contribution in [0, 0.1) is 6.67 Å². The van der Waals surface area contributed by atoms with Gasteiger partial charge in [0.05, 0.1) is 0 Å². The Labute approximate surface area is 205 Å². The van der Waals surface area contributed by atoms with Gasteiger partial charge in [-0.1, -0.05) is 96.1 Å². The molecule has 0 atom stereocenters. The van der Waals surface area contributed by atoms with Gasteiger partial charge in [0.25, 0.3) is 0 Å². The molecule has 3 nitrogen and oxygen atoms in total. The van der Waals surface area contributed by atoms with Gasteiger partial charge in [0.15, 0.2) is 0 Å². The summed E-state index contributed by atoms with van der Waals surface area (Å²) in [5, 5.41) is 4.61. The van der Waals surface area contributed by atoms with Gasteiger partial charge >= 0.3 is 0 Å². The topological polar surface area (TPSA) is 20.6 Å². The molecular weight excluding hydrogens is 575 g/mol. The predicted octanol–water partition coefficient (Wildman–Crippen LogP) is 7.53. The first-order chi connectivity index (χ1) is 15.4. The van der Waals surface area contributed by atoms with Crippen molar-refractivity contribution < 1.29 is 22.4 Å². The smallest absolute Gasteiger partial charge is 0.0124 e. The zero-order valence-electron chi connectivity index (χ0n) is 17.5. The average Bonchev–Trinajstić information content (AvgIpc) is 3.35. The van der Waals surface area contributed by atoms with Crippen LogP contribution in [0.15, 0.2) is 122 Å². The van der Waals surface area contributed by atoms with Crippen LogP contribution in [0.3, 0.4) is 0 Å². The second-order valence-corrected chi connectivity index (χ2v) is 7.45. The largest absolute Gasteiger partial charge is 0.657 e. The molecule has 0 saturated carbocycles. The maximum atomic E-state index is 4.61. The second-order valence-electron chi connectivity index (χ2n) is 7.45. The average molecular weight is 598 g/mol. The number of rotatable bonds is 2. The molecule has 0 aromatic heterocycles. The number of fused-ring (bicyclic) bond motifs is 2. The molecule has 2 heterocycles. The summed E-state index contributed by atoms with van der Waals surface area (Å²) in [5.74, 6) is 0. The number of anilines is 2. The van der Waals surface area contributed by atoms with E-state index in [9.17, 15) is 0 Å². The molecule has 32 heavy (non-hydrogen) atoms. The fraction of sp³-hybridized carbons (Fsp3) is 0.0357. The van der Waals surface area contributed by atoms with Gasteiger partial charge in [-0.05, 0) is 43.1 Å². The second kappa shape index (κ2) is 10.4. The molecule has 6 rings (SSSR count). The molecule has 0 N–H and O–H groups in total. The van der Waals surface area contributed by atoms with E-state index in [1.54, 1.807) is 0 Å². The summed E-state index contributed by atoms with van der Waals surface area (Å²) in [7, 11) is 0. The number of nitrogens with zero attached hydrogens (tertiary/aromatic N) is 3. The van der Waals surface area contributed by atoms with E-state index in [1.165, 1.54) is 22.5 Å². The SMILES string of the molecule is C1=CN(c2ccccc2)[CH-]N1c1ccccc1.[Au].c1ccc2c(c1)Cc1ccccc1[N-]2. The number of para-hydroxylation sites is 4. The van der Waals surface area contributed by atoms with E-state index < -0.39 is 0 Å². The fourth-order valence-electron chi connectivity index (χ4n) is 3.73. The van der Waals surface area contributed by atoms with Crippen molar-refractivity contribution in [1.82, 2.24) is 0 Å². The summed E-state index contributed by atoms with van der Waals surface area (Å²) in [6.07, 6.45) is 5.13. The Morgan fingerprint density at radius 3 is 1.41 bits per heavy atom. The van der Waals surface area contributed by atoms with Crippen molar-refractivity contribution in [3.05, 3.63) is 145 Å². The van der Waals surface area contributed by atoms with Crippen molar-refractivity contribution >= 4 is 22.7 Å². The minimum Gasteiger partial charge on any atom is -0.657 e. The molecule has 0 aliphatic carbocycles. The van der Waals surface area contributed by atoms with Gasteiger partial charge in [-0.25, -0.2) is 0 Å². The maximum absolute atomic E-state index is 4.61. The summed E-state index contributed by atoms with van der Waals surface area (Å²) < 4.78 is 0. The third kappa shape index (κ3) is 4.97. The fourth-order valence-corrected chi connectivity index (χ4v) is 3.73. The quantitative estimate of drug-likeness (QED) is 0.155. The van der Waals surface area contributed by atoms with E-state index in [0.717, 1.165) is 17.8 Å². The normalized spacial score (nSPS) is 13.1.